The Bertz CT molecular complexity index is 1190. The van der Waals surface area contributed by atoms with E-state index in [0.717, 1.165) is 19.4 Å². The minimum Gasteiger partial charge on any atom is -0.462 e. The van der Waals surface area contributed by atoms with Crippen LogP contribution in [0, 0.1) is 12.8 Å². The number of fused-ring (bicyclic) bond motifs is 1. The fourth-order valence-electron chi connectivity index (χ4n) is 3.59. The number of nitrogens with zero attached hydrogens (tertiary/aromatic N) is 4. The third-order valence-corrected chi connectivity index (χ3v) is 6.04. The van der Waals surface area contributed by atoms with Gasteiger partial charge in [-0.3, -0.25) is 9.59 Å². The Labute approximate surface area is 182 Å². The maximum Gasteiger partial charge on any atom is 0.338 e. The molecule has 0 spiro atoms. The molecule has 1 fully saturated rings. The highest BCUT2D eigenvalue weighted by molar-refractivity contribution is 7.20. The van der Waals surface area contributed by atoms with Gasteiger partial charge in [-0.15, -0.1) is 5.10 Å². The van der Waals surface area contributed by atoms with E-state index in [0.29, 0.717) is 40.2 Å². The van der Waals surface area contributed by atoms with Gasteiger partial charge in [-0.05, 0) is 44.9 Å². The van der Waals surface area contributed by atoms with E-state index in [9.17, 15) is 14.4 Å². The standard InChI is InChI=1S/C21H23N5O4S/c1-3-30-19(29)14-6-4-8-16(11-14)23-18(28)15-7-5-9-25(12-15)21-24-26-17(27)10-13(2)22-20(26)31-21/h4,6,8,10-11,15H,3,5,7,9,12H2,1-2H3,(H,23,28)/t15-/m0/s1. The number of rotatable bonds is 5. The largest absolute Gasteiger partial charge is 0.462 e. The minimum absolute atomic E-state index is 0.113. The number of esters is 1. The molecule has 0 bridgehead atoms. The minimum atomic E-state index is -0.419. The van der Waals surface area contributed by atoms with Crippen LogP contribution in [0.2, 0.25) is 0 Å². The maximum atomic E-state index is 12.9. The van der Waals surface area contributed by atoms with Gasteiger partial charge in [0.15, 0.2) is 0 Å². The Balaban J connectivity index is 1.47. The van der Waals surface area contributed by atoms with Crippen molar-refractivity contribution >= 4 is 39.0 Å². The second-order valence-corrected chi connectivity index (χ2v) is 8.32. The number of anilines is 2. The third kappa shape index (κ3) is 4.58. The SMILES string of the molecule is CCOC(=O)c1cccc(NC(=O)[C@H]2CCCN(c3nn4c(=O)cc(C)nc4s3)C2)c1. The van der Waals surface area contributed by atoms with Crippen molar-refractivity contribution in [2.24, 2.45) is 5.92 Å². The van der Waals surface area contributed by atoms with E-state index in [1.807, 2.05) is 4.90 Å². The molecule has 4 rings (SSSR count). The molecule has 1 aromatic carbocycles. The van der Waals surface area contributed by atoms with Crippen LogP contribution in [-0.2, 0) is 9.53 Å². The molecule has 3 heterocycles. The first-order chi connectivity index (χ1) is 14.9. The van der Waals surface area contributed by atoms with Gasteiger partial charge in [0.25, 0.3) is 5.56 Å². The predicted octanol–water partition coefficient (Wildman–Crippen LogP) is 2.49. The number of carbonyl (C=O) groups excluding carboxylic acids is 2. The van der Waals surface area contributed by atoms with E-state index in [1.54, 1.807) is 38.1 Å². The number of hydrogen-bond acceptors (Lipinski definition) is 8. The van der Waals surface area contributed by atoms with Crippen LogP contribution in [0.1, 0.15) is 35.8 Å². The van der Waals surface area contributed by atoms with Crippen molar-refractivity contribution in [2.75, 3.05) is 29.9 Å². The smallest absolute Gasteiger partial charge is 0.338 e. The molecule has 0 aliphatic carbocycles. The molecule has 0 unspecified atom stereocenters. The Morgan fingerprint density at radius 3 is 2.97 bits per heavy atom. The van der Waals surface area contributed by atoms with Crippen molar-refractivity contribution in [3.8, 4) is 0 Å². The molecule has 1 aliphatic rings. The first kappa shape index (κ1) is 21.0. The molecule has 3 aromatic rings. The molecule has 9 nitrogen and oxygen atoms in total. The summed E-state index contributed by atoms with van der Waals surface area (Å²) in [5, 5.41) is 7.99. The normalized spacial score (nSPS) is 16.3. The van der Waals surface area contributed by atoms with E-state index < -0.39 is 5.97 Å². The molecule has 1 saturated heterocycles. The number of amides is 1. The Kier molecular flexibility index (Phi) is 5.99. The van der Waals surface area contributed by atoms with Gasteiger partial charge in [0.05, 0.1) is 18.1 Å². The Hall–Kier alpha value is -3.27. The number of carbonyl (C=O) groups is 2. The van der Waals surface area contributed by atoms with Crippen LogP contribution in [-0.4, -0.2) is 46.2 Å². The van der Waals surface area contributed by atoms with Crippen molar-refractivity contribution in [1.82, 2.24) is 14.6 Å². The Morgan fingerprint density at radius 1 is 1.32 bits per heavy atom. The molecule has 31 heavy (non-hydrogen) atoms. The zero-order chi connectivity index (χ0) is 22.0. The van der Waals surface area contributed by atoms with Crippen molar-refractivity contribution < 1.29 is 14.3 Å². The fourth-order valence-corrected chi connectivity index (χ4v) is 4.57. The average molecular weight is 442 g/mol. The molecule has 1 amide bonds. The molecule has 1 atom stereocenters. The number of aromatic nitrogens is 3. The highest BCUT2D eigenvalue weighted by atomic mass is 32.1. The van der Waals surface area contributed by atoms with Gasteiger partial charge in [-0.25, -0.2) is 9.78 Å². The van der Waals surface area contributed by atoms with E-state index in [2.05, 4.69) is 15.4 Å². The number of hydrogen-bond donors (Lipinski definition) is 1. The highest BCUT2D eigenvalue weighted by Crippen LogP contribution is 2.27. The van der Waals surface area contributed by atoms with Gasteiger partial charge in [0.1, 0.15) is 0 Å². The van der Waals surface area contributed by atoms with Crippen LogP contribution in [0.3, 0.4) is 0 Å². The summed E-state index contributed by atoms with van der Waals surface area (Å²) in [6.45, 7) is 5.07. The molecule has 162 valence electrons. The summed E-state index contributed by atoms with van der Waals surface area (Å²) in [6, 6.07) is 8.18. The summed E-state index contributed by atoms with van der Waals surface area (Å²) in [5.41, 5.74) is 1.39. The van der Waals surface area contributed by atoms with Crippen LogP contribution in [0.15, 0.2) is 35.1 Å². The lowest BCUT2D eigenvalue weighted by Gasteiger charge is -2.31. The molecule has 0 saturated carbocycles. The first-order valence-electron chi connectivity index (χ1n) is 10.1. The second kappa shape index (κ2) is 8.84. The zero-order valence-electron chi connectivity index (χ0n) is 17.3. The van der Waals surface area contributed by atoms with Gasteiger partial charge in [0.2, 0.25) is 16.0 Å². The number of ether oxygens (including phenoxy) is 1. The van der Waals surface area contributed by atoms with Crippen LogP contribution in [0.4, 0.5) is 10.8 Å². The van der Waals surface area contributed by atoms with Gasteiger partial charge >= 0.3 is 5.97 Å². The number of piperidine rings is 1. The number of aryl methyl sites for hydroxylation is 1. The van der Waals surface area contributed by atoms with E-state index in [-0.39, 0.29) is 17.4 Å². The molecular formula is C21H23N5O4S. The van der Waals surface area contributed by atoms with Crippen LogP contribution < -0.4 is 15.8 Å². The van der Waals surface area contributed by atoms with Crippen molar-refractivity contribution in [2.45, 2.75) is 26.7 Å². The first-order valence-corrected chi connectivity index (χ1v) is 11.0. The molecule has 2 aromatic heterocycles. The average Bonchev–Trinajstić information content (AvgIpc) is 3.19. The highest BCUT2D eigenvalue weighted by Gasteiger charge is 2.28. The van der Waals surface area contributed by atoms with Crippen LogP contribution in [0.25, 0.3) is 4.96 Å². The van der Waals surface area contributed by atoms with Gasteiger partial charge in [0, 0.05) is 30.5 Å². The fraction of sp³-hybridized carbons (Fsp3) is 0.381. The summed E-state index contributed by atoms with van der Waals surface area (Å²) in [7, 11) is 0. The van der Waals surface area contributed by atoms with Gasteiger partial charge < -0.3 is 15.0 Å². The van der Waals surface area contributed by atoms with E-state index in [4.69, 9.17) is 4.74 Å². The lowest BCUT2D eigenvalue weighted by Crippen LogP contribution is -2.40. The zero-order valence-corrected chi connectivity index (χ0v) is 18.1. The molecule has 1 N–H and O–H groups in total. The summed E-state index contributed by atoms with van der Waals surface area (Å²) in [5.74, 6) is -0.770. The van der Waals surface area contributed by atoms with Gasteiger partial charge in [-0.1, -0.05) is 17.4 Å². The Morgan fingerprint density at radius 2 is 2.16 bits per heavy atom. The number of benzene rings is 1. The van der Waals surface area contributed by atoms with E-state index >= 15 is 0 Å². The number of nitrogens with one attached hydrogen (secondary N) is 1. The molecule has 10 heteroatoms. The third-order valence-electron chi connectivity index (χ3n) is 5.07. The van der Waals surface area contributed by atoms with Crippen LogP contribution in [0.5, 0.6) is 0 Å². The molecular weight excluding hydrogens is 418 g/mol. The lowest BCUT2D eigenvalue weighted by molar-refractivity contribution is -0.120. The summed E-state index contributed by atoms with van der Waals surface area (Å²) in [4.78, 5) is 43.9. The lowest BCUT2D eigenvalue weighted by atomic mass is 9.97. The van der Waals surface area contributed by atoms with E-state index in [1.165, 1.54) is 21.9 Å². The summed E-state index contributed by atoms with van der Waals surface area (Å²) in [6.07, 6.45) is 1.58. The van der Waals surface area contributed by atoms with Gasteiger partial charge in [-0.2, -0.15) is 4.52 Å². The van der Waals surface area contributed by atoms with Crippen molar-refractivity contribution in [3.05, 3.63) is 51.9 Å². The maximum absolute atomic E-state index is 12.9. The topological polar surface area (TPSA) is 106 Å². The summed E-state index contributed by atoms with van der Waals surface area (Å²) >= 11 is 1.34. The summed E-state index contributed by atoms with van der Waals surface area (Å²) < 4.78 is 6.32. The predicted molar refractivity (Wildman–Crippen MR) is 118 cm³/mol. The van der Waals surface area contributed by atoms with Crippen molar-refractivity contribution in [3.63, 3.8) is 0 Å². The second-order valence-electron chi connectivity index (χ2n) is 7.39. The van der Waals surface area contributed by atoms with Crippen molar-refractivity contribution in [1.29, 1.82) is 0 Å². The van der Waals surface area contributed by atoms with Crippen LogP contribution >= 0.6 is 11.3 Å². The quantitative estimate of drug-likeness (QED) is 0.606. The monoisotopic (exact) mass is 441 g/mol. The molecule has 0 radical (unpaired) electrons. The molecule has 1 aliphatic heterocycles.